The molecule has 3 aliphatic carbocycles. The summed E-state index contributed by atoms with van der Waals surface area (Å²) in [7, 11) is 0. The van der Waals surface area contributed by atoms with Crippen LogP contribution in [0, 0.1) is 0 Å². The molecule has 4 aliphatic rings. The topological polar surface area (TPSA) is 42.2 Å². The smallest absolute Gasteiger partial charge is 0.248 e. The lowest BCUT2D eigenvalue weighted by Gasteiger charge is -2.39. The lowest BCUT2D eigenvalue weighted by atomic mass is 9.70. The van der Waals surface area contributed by atoms with E-state index >= 15 is 0 Å². The highest BCUT2D eigenvalue weighted by Gasteiger charge is 2.52. The molecule has 1 aromatic heterocycles. The molecule has 0 fully saturated rings. The molecular weight excluding hydrogens is 899 g/mol. The van der Waals surface area contributed by atoms with E-state index < -0.39 is 0 Å². The minimum absolute atomic E-state index is 0.172. The lowest BCUT2D eigenvalue weighted by molar-refractivity contribution is 0.542. The number of fused-ring (bicyclic) bond motifs is 13. The van der Waals surface area contributed by atoms with Crippen LogP contribution >= 0.6 is 0 Å². The van der Waals surface area contributed by atoms with Crippen LogP contribution in [0.4, 0.5) is 11.4 Å². The van der Waals surface area contributed by atoms with Crippen LogP contribution in [0.15, 0.2) is 265 Å². The van der Waals surface area contributed by atoms with Gasteiger partial charge in [0.05, 0.1) is 11.0 Å². The first kappa shape index (κ1) is 42.3. The summed E-state index contributed by atoms with van der Waals surface area (Å²) in [6.07, 6.45) is 9.22. The summed E-state index contributed by atoms with van der Waals surface area (Å²) in [4.78, 5) is 2.56. The van der Waals surface area contributed by atoms with E-state index in [-0.39, 0.29) is 16.9 Å². The molecule has 348 valence electrons. The fourth-order valence-electron chi connectivity index (χ4n) is 13.1. The third-order valence-corrected chi connectivity index (χ3v) is 16.4. The van der Waals surface area contributed by atoms with Crippen LogP contribution in [-0.2, 0) is 5.41 Å². The molecule has 4 nitrogen and oxygen atoms in total. The second-order valence-corrected chi connectivity index (χ2v) is 20.2. The van der Waals surface area contributed by atoms with Crippen molar-refractivity contribution in [3.05, 3.63) is 289 Å². The summed E-state index contributed by atoms with van der Waals surface area (Å²) in [5, 5.41) is 8.68. The number of nitrogens with zero attached hydrogens (tertiary/aromatic N) is 3. The molecule has 0 saturated heterocycles. The van der Waals surface area contributed by atoms with Crippen molar-refractivity contribution in [2.45, 2.75) is 23.8 Å². The van der Waals surface area contributed by atoms with Crippen molar-refractivity contribution < 1.29 is 4.42 Å². The first-order chi connectivity index (χ1) is 36.6. The Kier molecular flexibility index (Phi) is 9.33. The Morgan fingerprint density at radius 1 is 0.378 bits per heavy atom. The van der Waals surface area contributed by atoms with Gasteiger partial charge in [0.2, 0.25) is 11.8 Å². The molecule has 2 unspecified atom stereocenters. The fourth-order valence-corrected chi connectivity index (χ4v) is 13.1. The van der Waals surface area contributed by atoms with E-state index in [0.29, 0.717) is 11.8 Å². The SMILES string of the molecule is CC12C=CC=CC1c1cc(-c3ccc4c(c3)C3(c5ccccc5-c5ccccc53)c3ccccc3-4)ccc1N2c1ccc(-c2ccccc2-c2ccccc2-c2ccc(-c3nnc(-c4ccccc4)o3)cc2)cc1. The maximum Gasteiger partial charge on any atom is 0.248 e. The van der Waals surface area contributed by atoms with Crippen LogP contribution in [0.1, 0.15) is 40.7 Å². The zero-order valence-corrected chi connectivity index (χ0v) is 40.7. The van der Waals surface area contributed by atoms with Gasteiger partial charge in [-0.3, -0.25) is 0 Å². The predicted octanol–water partition coefficient (Wildman–Crippen LogP) is 17.5. The maximum atomic E-state index is 6.09. The number of hydrogen-bond acceptors (Lipinski definition) is 4. The zero-order chi connectivity index (χ0) is 49.0. The molecule has 0 saturated carbocycles. The summed E-state index contributed by atoms with van der Waals surface area (Å²) in [5.41, 5.74) is 25.0. The third-order valence-electron chi connectivity index (χ3n) is 16.4. The van der Waals surface area contributed by atoms with Gasteiger partial charge in [-0.2, -0.15) is 0 Å². The van der Waals surface area contributed by atoms with Crippen molar-refractivity contribution in [2.24, 2.45) is 0 Å². The number of hydrogen-bond donors (Lipinski definition) is 0. The van der Waals surface area contributed by atoms with E-state index in [1.807, 2.05) is 30.3 Å². The minimum Gasteiger partial charge on any atom is -0.416 e. The van der Waals surface area contributed by atoms with Gasteiger partial charge >= 0.3 is 0 Å². The molecule has 11 aromatic rings. The maximum absolute atomic E-state index is 6.09. The molecule has 1 spiro atoms. The third kappa shape index (κ3) is 6.15. The minimum atomic E-state index is -0.382. The first-order valence-corrected chi connectivity index (χ1v) is 25.6. The van der Waals surface area contributed by atoms with Crippen LogP contribution in [0.2, 0.25) is 0 Å². The van der Waals surface area contributed by atoms with Gasteiger partial charge in [-0.25, -0.2) is 0 Å². The monoisotopic (exact) mass is 945 g/mol. The highest BCUT2D eigenvalue weighted by molar-refractivity contribution is 5.97. The van der Waals surface area contributed by atoms with Crippen LogP contribution in [-0.4, -0.2) is 15.7 Å². The van der Waals surface area contributed by atoms with Gasteiger partial charge in [0.1, 0.15) is 0 Å². The molecule has 0 radical (unpaired) electrons. The summed E-state index contributed by atoms with van der Waals surface area (Å²) in [6, 6.07) is 86.5. The lowest BCUT2D eigenvalue weighted by Crippen LogP contribution is -2.41. The van der Waals surface area contributed by atoms with Crippen LogP contribution < -0.4 is 4.90 Å². The average molecular weight is 946 g/mol. The second-order valence-electron chi connectivity index (χ2n) is 20.2. The highest BCUT2D eigenvalue weighted by Crippen LogP contribution is 2.63. The van der Waals surface area contributed by atoms with Gasteiger partial charge in [0, 0.05) is 28.4 Å². The Morgan fingerprint density at radius 2 is 0.824 bits per heavy atom. The van der Waals surface area contributed by atoms with E-state index in [9.17, 15) is 0 Å². The Morgan fingerprint density at radius 3 is 1.42 bits per heavy atom. The van der Waals surface area contributed by atoms with E-state index in [0.717, 1.165) is 22.3 Å². The number of aromatic nitrogens is 2. The zero-order valence-electron chi connectivity index (χ0n) is 40.7. The van der Waals surface area contributed by atoms with Gasteiger partial charge in [-0.05, 0) is 156 Å². The van der Waals surface area contributed by atoms with E-state index in [1.54, 1.807) is 0 Å². The molecule has 74 heavy (non-hydrogen) atoms. The predicted molar refractivity (Wildman–Crippen MR) is 301 cm³/mol. The van der Waals surface area contributed by atoms with Gasteiger partial charge in [-0.1, -0.05) is 206 Å². The quantitative estimate of drug-likeness (QED) is 0.160. The number of rotatable bonds is 7. The standard InChI is InChI=1S/C70H47N3O/c1-69-42-16-15-26-61(69)60-43-49(50-36-40-59-58-25-11-14-29-64(58)70(65(59)44-50)62-27-12-9-23-56(62)57-24-10-13-28-63(57)70)37-41-66(60)73(69)51-38-34-46(35-39-51)53-20-6-8-22-55(53)54-21-7-5-19-52(54)45-30-32-48(33-31-45)68-72-71-67(74-68)47-17-3-2-4-18-47/h2-44,61H,1H3. The molecule has 0 N–H and O–H groups in total. The average Bonchev–Trinajstić information content (AvgIpc) is 4.34. The van der Waals surface area contributed by atoms with Crippen molar-refractivity contribution in [1.82, 2.24) is 10.2 Å². The van der Waals surface area contributed by atoms with E-state index in [1.165, 1.54) is 94.8 Å². The van der Waals surface area contributed by atoms with Crippen molar-refractivity contribution >= 4 is 11.4 Å². The van der Waals surface area contributed by atoms with E-state index in [4.69, 9.17) is 4.42 Å². The number of anilines is 2. The first-order valence-electron chi connectivity index (χ1n) is 25.6. The Balaban J connectivity index is 0.767. The second kappa shape index (κ2) is 16.3. The molecule has 1 aliphatic heterocycles. The van der Waals surface area contributed by atoms with Crippen LogP contribution in [0.5, 0.6) is 0 Å². The normalized spacial score (nSPS) is 16.9. The molecule has 10 aromatic carbocycles. The summed E-state index contributed by atoms with van der Waals surface area (Å²) in [5.74, 6) is 1.18. The van der Waals surface area contributed by atoms with Crippen LogP contribution in [0.25, 0.3) is 89.7 Å². The highest BCUT2D eigenvalue weighted by atomic mass is 16.4. The summed E-state index contributed by atoms with van der Waals surface area (Å²) in [6.45, 7) is 2.39. The molecule has 0 bridgehead atoms. The molecule has 2 heterocycles. The fraction of sp³-hybridized carbons (Fsp3) is 0.0571. The Labute approximate surface area is 430 Å². The van der Waals surface area contributed by atoms with Crippen molar-refractivity contribution in [2.75, 3.05) is 4.90 Å². The molecule has 0 amide bonds. The van der Waals surface area contributed by atoms with Gasteiger partial charge in [0.15, 0.2) is 0 Å². The molecule has 4 heteroatoms. The summed E-state index contributed by atoms with van der Waals surface area (Å²) >= 11 is 0. The van der Waals surface area contributed by atoms with Crippen molar-refractivity contribution in [3.63, 3.8) is 0 Å². The van der Waals surface area contributed by atoms with Gasteiger partial charge in [0.25, 0.3) is 0 Å². The van der Waals surface area contributed by atoms with E-state index in [2.05, 4.69) is 253 Å². The Bertz CT molecular complexity index is 4040. The van der Waals surface area contributed by atoms with Crippen LogP contribution in [0.3, 0.4) is 0 Å². The van der Waals surface area contributed by atoms with Gasteiger partial charge in [-0.15, -0.1) is 10.2 Å². The molecular formula is C70H47N3O. The number of benzene rings is 10. The number of allylic oxidation sites excluding steroid dienone is 2. The Hall–Kier alpha value is -9.38. The van der Waals surface area contributed by atoms with Crippen molar-refractivity contribution in [3.8, 4) is 89.7 Å². The van der Waals surface area contributed by atoms with Gasteiger partial charge < -0.3 is 9.32 Å². The molecule has 15 rings (SSSR count). The molecule has 2 atom stereocenters. The summed E-state index contributed by atoms with van der Waals surface area (Å²) < 4.78 is 6.09. The van der Waals surface area contributed by atoms with Crippen molar-refractivity contribution in [1.29, 1.82) is 0 Å². The largest absolute Gasteiger partial charge is 0.416 e.